The van der Waals surface area contributed by atoms with Crippen LogP contribution in [0.2, 0.25) is 0 Å². The Hall–Kier alpha value is -2.92. The van der Waals surface area contributed by atoms with Gasteiger partial charge >= 0.3 is 0 Å². The average Bonchev–Trinajstić information content (AvgIpc) is 3.19. The summed E-state index contributed by atoms with van der Waals surface area (Å²) < 4.78 is 18.6. The third-order valence-corrected chi connectivity index (χ3v) is 4.79. The number of methoxy groups -OCH3 is 1. The summed E-state index contributed by atoms with van der Waals surface area (Å²) in [6, 6.07) is 18.1. The van der Waals surface area contributed by atoms with Crippen LogP contribution >= 0.6 is 11.3 Å². The van der Waals surface area contributed by atoms with E-state index in [1.54, 1.807) is 23.5 Å². The molecule has 0 radical (unpaired) electrons. The minimum Gasteiger partial charge on any atom is -0.494 e. The highest BCUT2D eigenvalue weighted by atomic mass is 32.1. The Morgan fingerprint density at radius 1 is 1.15 bits per heavy atom. The van der Waals surface area contributed by atoms with Gasteiger partial charge in [-0.15, -0.1) is 11.3 Å². The van der Waals surface area contributed by atoms with Crippen LogP contribution in [-0.4, -0.2) is 13.0 Å². The lowest BCUT2D eigenvalue weighted by Crippen LogP contribution is -2.27. The van der Waals surface area contributed by atoms with E-state index in [1.165, 1.54) is 25.3 Å². The highest BCUT2D eigenvalue weighted by Crippen LogP contribution is 2.26. The van der Waals surface area contributed by atoms with Gasteiger partial charge in [-0.25, -0.2) is 4.39 Å². The minimum atomic E-state index is -0.462. The summed E-state index contributed by atoms with van der Waals surface area (Å²) in [5.41, 5.74) is 1.60. The van der Waals surface area contributed by atoms with E-state index >= 15 is 0 Å². The molecule has 5 heteroatoms. The van der Waals surface area contributed by atoms with E-state index in [1.807, 2.05) is 47.8 Å². The molecule has 1 atom stereocenters. The number of thiophene rings is 1. The van der Waals surface area contributed by atoms with E-state index in [-0.39, 0.29) is 17.7 Å². The summed E-state index contributed by atoms with van der Waals surface area (Å²) in [5, 5.41) is 4.99. The number of nitrogens with one attached hydrogen (secondary N) is 1. The Balaban J connectivity index is 1.75. The molecule has 26 heavy (non-hydrogen) atoms. The fourth-order valence-corrected chi connectivity index (χ4v) is 3.37. The van der Waals surface area contributed by atoms with Crippen molar-refractivity contribution in [3.05, 3.63) is 93.9 Å². The third kappa shape index (κ3) is 4.37. The lowest BCUT2D eigenvalue weighted by Gasteiger charge is -2.17. The van der Waals surface area contributed by atoms with E-state index in [0.717, 1.165) is 10.4 Å². The molecular formula is C21H18FNO2S. The number of hydrogen-bond acceptors (Lipinski definition) is 3. The van der Waals surface area contributed by atoms with Crippen molar-refractivity contribution < 1.29 is 13.9 Å². The van der Waals surface area contributed by atoms with E-state index in [9.17, 15) is 9.18 Å². The zero-order chi connectivity index (χ0) is 18.4. The van der Waals surface area contributed by atoms with Gasteiger partial charge in [0.2, 0.25) is 5.91 Å². The zero-order valence-electron chi connectivity index (χ0n) is 14.2. The van der Waals surface area contributed by atoms with Crippen molar-refractivity contribution in [3.63, 3.8) is 0 Å². The Labute approximate surface area is 155 Å². The zero-order valence-corrected chi connectivity index (χ0v) is 15.0. The molecule has 0 bridgehead atoms. The molecule has 0 saturated carbocycles. The minimum absolute atomic E-state index is 0.174. The fraction of sp³-hybridized carbons (Fsp3) is 0.0952. The van der Waals surface area contributed by atoms with Crippen molar-refractivity contribution in [2.45, 2.75) is 6.04 Å². The Bertz CT molecular complexity index is 892. The molecule has 0 aliphatic carbocycles. The first-order chi connectivity index (χ1) is 12.7. The van der Waals surface area contributed by atoms with Gasteiger partial charge in [-0.2, -0.15) is 0 Å². The van der Waals surface area contributed by atoms with E-state index in [4.69, 9.17) is 4.74 Å². The van der Waals surface area contributed by atoms with Gasteiger partial charge < -0.3 is 10.1 Å². The molecule has 3 aromatic rings. The van der Waals surface area contributed by atoms with E-state index < -0.39 is 5.82 Å². The monoisotopic (exact) mass is 367 g/mol. The lowest BCUT2D eigenvalue weighted by atomic mass is 10.1. The lowest BCUT2D eigenvalue weighted by molar-refractivity contribution is -0.116. The van der Waals surface area contributed by atoms with Crippen LogP contribution in [0.4, 0.5) is 4.39 Å². The molecule has 1 unspecified atom stereocenters. The smallest absolute Gasteiger partial charge is 0.244 e. The van der Waals surface area contributed by atoms with Gasteiger partial charge in [-0.05, 0) is 40.8 Å². The van der Waals surface area contributed by atoms with Crippen molar-refractivity contribution in [1.29, 1.82) is 0 Å². The normalized spacial score (nSPS) is 12.1. The summed E-state index contributed by atoms with van der Waals surface area (Å²) in [6.45, 7) is 0. The second-order valence-corrected chi connectivity index (χ2v) is 6.57. The first-order valence-electron chi connectivity index (χ1n) is 8.08. The third-order valence-electron chi connectivity index (χ3n) is 3.85. The first-order valence-corrected chi connectivity index (χ1v) is 8.96. The molecule has 0 spiro atoms. The van der Waals surface area contributed by atoms with Gasteiger partial charge in [0.15, 0.2) is 11.6 Å². The SMILES string of the molecule is COc1ccc(/C=C/C(=O)NC(c2ccccc2)c2cccs2)cc1F. The summed E-state index contributed by atoms with van der Waals surface area (Å²) in [5.74, 6) is -0.535. The molecule has 1 aromatic heterocycles. The summed E-state index contributed by atoms with van der Waals surface area (Å²) in [6.07, 6.45) is 2.99. The second-order valence-electron chi connectivity index (χ2n) is 5.60. The fourth-order valence-electron chi connectivity index (χ4n) is 2.57. The van der Waals surface area contributed by atoms with Gasteiger partial charge in [0.05, 0.1) is 13.2 Å². The number of benzene rings is 2. The molecule has 0 aliphatic heterocycles. The van der Waals surface area contributed by atoms with Crippen LogP contribution in [0.5, 0.6) is 5.75 Å². The summed E-state index contributed by atoms with van der Waals surface area (Å²) >= 11 is 1.59. The van der Waals surface area contributed by atoms with Crippen LogP contribution in [0.3, 0.4) is 0 Å². The molecule has 0 aliphatic rings. The van der Waals surface area contributed by atoms with Crippen molar-refractivity contribution in [1.82, 2.24) is 5.32 Å². The molecule has 1 N–H and O–H groups in total. The standard InChI is InChI=1S/C21H18FNO2S/c1-25-18-11-9-15(14-17(18)22)10-12-20(24)23-21(19-8-5-13-26-19)16-6-3-2-4-7-16/h2-14,21H,1H3,(H,23,24)/b12-10+. The Morgan fingerprint density at radius 2 is 1.96 bits per heavy atom. The molecule has 0 saturated heterocycles. The van der Waals surface area contributed by atoms with Crippen LogP contribution in [0.15, 0.2) is 72.1 Å². The predicted octanol–water partition coefficient (Wildman–Crippen LogP) is 4.81. The summed E-state index contributed by atoms with van der Waals surface area (Å²) in [4.78, 5) is 13.4. The van der Waals surface area contributed by atoms with Crippen LogP contribution in [-0.2, 0) is 4.79 Å². The first kappa shape index (κ1) is 17.9. The van der Waals surface area contributed by atoms with Crippen molar-refractivity contribution in [3.8, 4) is 5.75 Å². The number of carbonyl (C=O) groups is 1. The van der Waals surface area contributed by atoms with Crippen LogP contribution in [0.1, 0.15) is 22.0 Å². The molecule has 3 nitrogen and oxygen atoms in total. The van der Waals surface area contributed by atoms with Crippen LogP contribution in [0, 0.1) is 5.82 Å². The molecule has 0 fully saturated rings. The molecule has 1 amide bonds. The predicted molar refractivity (Wildman–Crippen MR) is 103 cm³/mol. The van der Waals surface area contributed by atoms with Crippen molar-refractivity contribution in [2.24, 2.45) is 0 Å². The number of hydrogen-bond donors (Lipinski definition) is 1. The maximum Gasteiger partial charge on any atom is 0.244 e. The molecule has 2 aromatic carbocycles. The van der Waals surface area contributed by atoms with Gasteiger partial charge in [-0.1, -0.05) is 42.5 Å². The van der Waals surface area contributed by atoms with Gasteiger partial charge in [-0.3, -0.25) is 4.79 Å². The molecule has 3 rings (SSSR count). The molecular weight excluding hydrogens is 349 g/mol. The average molecular weight is 367 g/mol. The molecule has 1 heterocycles. The van der Waals surface area contributed by atoms with Gasteiger partial charge in [0, 0.05) is 11.0 Å². The quantitative estimate of drug-likeness (QED) is 0.635. The van der Waals surface area contributed by atoms with Crippen LogP contribution in [0.25, 0.3) is 6.08 Å². The summed E-state index contributed by atoms with van der Waals surface area (Å²) in [7, 11) is 1.41. The molecule has 132 valence electrons. The van der Waals surface area contributed by atoms with E-state index in [0.29, 0.717) is 5.56 Å². The highest BCUT2D eigenvalue weighted by Gasteiger charge is 2.16. The van der Waals surface area contributed by atoms with Crippen molar-refractivity contribution in [2.75, 3.05) is 7.11 Å². The second kappa shape index (κ2) is 8.45. The maximum absolute atomic E-state index is 13.7. The topological polar surface area (TPSA) is 38.3 Å². The number of carbonyl (C=O) groups excluding carboxylic acids is 1. The largest absolute Gasteiger partial charge is 0.494 e. The van der Waals surface area contributed by atoms with Gasteiger partial charge in [0.25, 0.3) is 0 Å². The van der Waals surface area contributed by atoms with Crippen LogP contribution < -0.4 is 10.1 Å². The van der Waals surface area contributed by atoms with Gasteiger partial charge in [0.1, 0.15) is 0 Å². The Morgan fingerprint density at radius 3 is 2.62 bits per heavy atom. The number of ether oxygens (including phenoxy) is 1. The number of amides is 1. The Kier molecular flexibility index (Phi) is 5.81. The number of halogens is 1. The number of rotatable bonds is 6. The van der Waals surface area contributed by atoms with Crippen molar-refractivity contribution >= 4 is 23.3 Å². The van der Waals surface area contributed by atoms with E-state index in [2.05, 4.69) is 5.32 Å². The highest BCUT2D eigenvalue weighted by molar-refractivity contribution is 7.10. The maximum atomic E-state index is 13.7.